The average molecular weight is 606 g/mol. The summed E-state index contributed by atoms with van der Waals surface area (Å²) in [6.45, 7) is 2.16. The Bertz CT molecular complexity index is 2270. The number of aromatic nitrogens is 5. The maximum atomic E-state index is 5.00. The highest BCUT2D eigenvalue weighted by molar-refractivity contribution is 5.85. The first-order valence-corrected chi connectivity index (χ1v) is 15.9. The van der Waals surface area contributed by atoms with Gasteiger partial charge in [0.15, 0.2) is 17.5 Å². The first kappa shape index (κ1) is 28.3. The predicted molar refractivity (Wildman–Crippen MR) is 191 cm³/mol. The standard InChI is InChI=1S/C42H31N5/c1-2-39-43-36-22-12-14-24-38(36)47(39)37-23-13-11-20-34(37)30-27-25-29(26-28-30)33-19-9-10-21-35(33)42-45-40(31-15-5-3-6-16-31)44-41(46-42)32-17-7-4-8-18-32/h3-28H,2H2,1H3. The van der Waals surface area contributed by atoms with Crippen molar-refractivity contribution in [3.63, 3.8) is 0 Å². The van der Waals surface area contributed by atoms with Crippen LogP contribution in [0.5, 0.6) is 0 Å². The molecule has 0 aliphatic heterocycles. The van der Waals surface area contributed by atoms with E-state index in [9.17, 15) is 0 Å². The highest BCUT2D eigenvalue weighted by Crippen LogP contribution is 2.35. The Balaban J connectivity index is 1.22. The van der Waals surface area contributed by atoms with E-state index in [0.717, 1.165) is 67.9 Å². The molecular weight excluding hydrogens is 574 g/mol. The summed E-state index contributed by atoms with van der Waals surface area (Å²) >= 11 is 0. The molecule has 0 saturated carbocycles. The maximum absolute atomic E-state index is 5.00. The van der Waals surface area contributed by atoms with E-state index in [-0.39, 0.29) is 0 Å². The molecule has 0 aliphatic rings. The molecule has 2 heterocycles. The van der Waals surface area contributed by atoms with Crippen molar-refractivity contribution in [3.8, 4) is 62.1 Å². The smallest absolute Gasteiger partial charge is 0.164 e. The van der Waals surface area contributed by atoms with Crippen LogP contribution in [-0.4, -0.2) is 24.5 Å². The zero-order chi connectivity index (χ0) is 31.6. The summed E-state index contributed by atoms with van der Waals surface area (Å²) in [5, 5.41) is 0. The first-order valence-electron chi connectivity index (χ1n) is 15.9. The summed E-state index contributed by atoms with van der Waals surface area (Å²) in [6, 6.07) is 54.2. The van der Waals surface area contributed by atoms with Gasteiger partial charge >= 0.3 is 0 Å². The molecule has 0 bridgehead atoms. The Morgan fingerprint density at radius 1 is 0.404 bits per heavy atom. The van der Waals surface area contributed by atoms with Gasteiger partial charge in [-0.05, 0) is 34.9 Å². The number of rotatable bonds is 7. The van der Waals surface area contributed by atoms with Crippen LogP contribution in [0.4, 0.5) is 0 Å². The lowest BCUT2D eigenvalue weighted by molar-refractivity contribution is 0.909. The van der Waals surface area contributed by atoms with Crippen molar-refractivity contribution >= 4 is 11.0 Å². The number of fused-ring (bicyclic) bond motifs is 1. The summed E-state index contributed by atoms with van der Waals surface area (Å²) < 4.78 is 2.29. The molecular formula is C42H31N5. The molecule has 0 saturated heterocycles. The second-order valence-corrected chi connectivity index (χ2v) is 11.4. The predicted octanol–water partition coefficient (Wildman–Crippen LogP) is 10.1. The molecule has 224 valence electrons. The monoisotopic (exact) mass is 605 g/mol. The van der Waals surface area contributed by atoms with E-state index in [0.29, 0.717) is 17.5 Å². The lowest BCUT2D eigenvalue weighted by Crippen LogP contribution is -2.02. The van der Waals surface area contributed by atoms with Gasteiger partial charge in [-0.1, -0.05) is 146 Å². The van der Waals surface area contributed by atoms with E-state index in [4.69, 9.17) is 19.9 Å². The van der Waals surface area contributed by atoms with Crippen LogP contribution in [0.25, 0.3) is 73.1 Å². The second-order valence-electron chi connectivity index (χ2n) is 11.4. The van der Waals surface area contributed by atoms with E-state index < -0.39 is 0 Å². The SMILES string of the molecule is CCc1nc2ccccc2n1-c1ccccc1-c1ccc(-c2ccccc2-c2nc(-c3ccccc3)nc(-c3ccccc3)n2)cc1. The van der Waals surface area contributed by atoms with E-state index >= 15 is 0 Å². The lowest BCUT2D eigenvalue weighted by Gasteiger charge is -2.15. The van der Waals surface area contributed by atoms with Crippen molar-refractivity contribution < 1.29 is 0 Å². The third-order valence-electron chi connectivity index (χ3n) is 8.47. The summed E-state index contributed by atoms with van der Waals surface area (Å²) in [5.41, 5.74) is 10.5. The van der Waals surface area contributed by atoms with Crippen molar-refractivity contribution in [2.75, 3.05) is 0 Å². The van der Waals surface area contributed by atoms with Crippen LogP contribution in [-0.2, 0) is 6.42 Å². The van der Waals surface area contributed by atoms with Gasteiger partial charge in [0, 0.05) is 28.7 Å². The zero-order valence-corrected chi connectivity index (χ0v) is 26.0. The van der Waals surface area contributed by atoms with Gasteiger partial charge in [-0.3, -0.25) is 4.57 Å². The molecule has 8 aromatic rings. The number of benzene rings is 6. The summed E-state index contributed by atoms with van der Waals surface area (Å²) in [7, 11) is 0. The molecule has 0 N–H and O–H groups in total. The Morgan fingerprint density at radius 2 is 0.894 bits per heavy atom. The fraction of sp³-hybridized carbons (Fsp3) is 0.0476. The Labute approximate surface area is 273 Å². The molecule has 2 aromatic heterocycles. The van der Waals surface area contributed by atoms with Crippen molar-refractivity contribution in [1.29, 1.82) is 0 Å². The number of para-hydroxylation sites is 3. The third-order valence-corrected chi connectivity index (χ3v) is 8.47. The summed E-state index contributed by atoms with van der Waals surface area (Å²) in [6.07, 6.45) is 0.841. The largest absolute Gasteiger partial charge is 0.296 e. The molecule has 0 unspecified atom stereocenters. The van der Waals surface area contributed by atoms with Crippen molar-refractivity contribution in [2.45, 2.75) is 13.3 Å². The Morgan fingerprint density at radius 3 is 1.53 bits per heavy atom. The van der Waals surface area contributed by atoms with Gasteiger partial charge in [0.1, 0.15) is 5.82 Å². The van der Waals surface area contributed by atoms with E-state index in [2.05, 4.69) is 96.4 Å². The van der Waals surface area contributed by atoms with Crippen LogP contribution < -0.4 is 0 Å². The van der Waals surface area contributed by atoms with Crippen LogP contribution in [0.1, 0.15) is 12.7 Å². The molecule has 8 rings (SSSR count). The first-order chi connectivity index (χ1) is 23.3. The van der Waals surface area contributed by atoms with Crippen molar-refractivity contribution in [3.05, 3.63) is 164 Å². The molecule has 0 aliphatic carbocycles. The fourth-order valence-electron chi connectivity index (χ4n) is 6.18. The molecule has 5 nitrogen and oxygen atoms in total. The van der Waals surface area contributed by atoms with Gasteiger partial charge in [0.2, 0.25) is 0 Å². The summed E-state index contributed by atoms with van der Waals surface area (Å²) in [4.78, 5) is 19.8. The number of hydrogen-bond donors (Lipinski definition) is 0. The number of nitrogens with zero attached hydrogens (tertiary/aromatic N) is 5. The average Bonchev–Trinajstić information content (AvgIpc) is 3.54. The number of imidazole rings is 1. The van der Waals surface area contributed by atoms with Gasteiger partial charge in [-0.2, -0.15) is 0 Å². The van der Waals surface area contributed by atoms with E-state index in [1.54, 1.807) is 0 Å². The Kier molecular flexibility index (Phi) is 7.40. The van der Waals surface area contributed by atoms with Gasteiger partial charge in [-0.15, -0.1) is 0 Å². The molecule has 5 heteroatoms. The van der Waals surface area contributed by atoms with E-state index in [1.807, 2.05) is 72.8 Å². The third kappa shape index (κ3) is 5.38. The Hall–Kier alpha value is -6.20. The maximum Gasteiger partial charge on any atom is 0.164 e. The van der Waals surface area contributed by atoms with Crippen molar-refractivity contribution in [2.24, 2.45) is 0 Å². The molecule has 0 amide bonds. The quantitative estimate of drug-likeness (QED) is 0.181. The molecule has 0 spiro atoms. The molecule has 47 heavy (non-hydrogen) atoms. The number of hydrogen-bond acceptors (Lipinski definition) is 4. The van der Waals surface area contributed by atoms with Gasteiger partial charge in [0.25, 0.3) is 0 Å². The second kappa shape index (κ2) is 12.3. The van der Waals surface area contributed by atoms with Crippen LogP contribution in [0, 0.1) is 0 Å². The zero-order valence-electron chi connectivity index (χ0n) is 26.0. The summed E-state index contributed by atoms with van der Waals surface area (Å²) in [5.74, 6) is 2.98. The normalized spacial score (nSPS) is 11.2. The topological polar surface area (TPSA) is 56.5 Å². The highest BCUT2D eigenvalue weighted by atomic mass is 15.1. The highest BCUT2D eigenvalue weighted by Gasteiger charge is 2.17. The minimum Gasteiger partial charge on any atom is -0.296 e. The van der Waals surface area contributed by atoms with Gasteiger partial charge in [-0.25, -0.2) is 19.9 Å². The molecule has 0 radical (unpaired) electrons. The van der Waals surface area contributed by atoms with Crippen LogP contribution in [0.3, 0.4) is 0 Å². The van der Waals surface area contributed by atoms with Crippen molar-refractivity contribution in [1.82, 2.24) is 24.5 Å². The van der Waals surface area contributed by atoms with Crippen LogP contribution >= 0.6 is 0 Å². The van der Waals surface area contributed by atoms with Gasteiger partial charge < -0.3 is 0 Å². The molecule has 6 aromatic carbocycles. The lowest BCUT2D eigenvalue weighted by atomic mass is 9.96. The molecule has 0 fully saturated rings. The van der Waals surface area contributed by atoms with Crippen LogP contribution in [0.15, 0.2) is 158 Å². The van der Waals surface area contributed by atoms with Gasteiger partial charge in [0.05, 0.1) is 16.7 Å². The molecule has 0 atom stereocenters. The van der Waals surface area contributed by atoms with E-state index in [1.165, 1.54) is 0 Å². The minimum absolute atomic E-state index is 0.641. The van der Waals surface area contributed by atoms with Crippen LogP contribution in [0.2, 0.25) is 0 Å². The minimum atomic E-state index is 0.641. The fourth-order valence-corrected chi connectivity index (χ4v) is 6.18. The number of aryl methyl sites for hydroxylation is 1.